The van der Waals surface area contributed by atoms with Gasteiger partial charge >= 0.3 is 11.9 Å². The average Bonchev–Trinajstić information content (AvgIpc) is 2.87. The number of carboxylic acids is 1. The standard InChI is InChI=1S/C13H14N2O5S/c1-3-8(12(17)18)15-6-14-10-9(11(15)16)7(5-21-10)13(19)20-4-2/h5-6,8H,3-4H2,1-2H3,(H,17,18). The highest BCUT2D eigenvalue weighted by atomic mass is 32.1. The van der Waals surface area contributed by atoms with Gasteiger partial charge in [0.2, 0.25) is 0 Å². The summed E-state index contributed by atoms with van der Waals surface area (Å²) in [6.45, 7) is 3.52. The van der Waals surface area contributed by atoms with Crippen molar-refractivity contribution in [2.45, 2.75) is 26.3 Å². The first-order chi connectivity index (χ1) is 10.0. The number of aliphatic carboxylic acids is 1. The monoisotopic (exact) mass is 310 g/mol. The molecule has 0 aliphatic rings. The minimum atomic E-state index is -1.12. The molecule has 1 unspecified atom stereocenters. The van der Waals surface area contributed by atoms with Gasteiger partial charge in [-0.2, -0.15) is 0 Å². The number of hydrogen-bond acceptors (Lipinski definition) is 6. The third-order valence-electron chi connectivity index (χ3n) is 3.02. The normalized spacial score (nSPS) is 12.3. The average molecular weight is 310 g/mol. The van der Waals surface area contributed by atoms with Crippen LogP contribution in [0.3, 0.4) is 0 Å². The molecule has 0 saturated heterocycles. The van der Waals surface area contributed by atoms with Crippen LogP contribution < -0.4 is 5.56 Å². The Morgan fingerprint density at radius 1 is 1.48 bits per heavy atom. The van der Waals surface area contributed by atoms with Crippen LogP contribution in [0.15, 0.2) is 16.5 Å². The summed E-state index contributed by atoms with van der Waals surface area (Å²) in [7, 11) is 0. The fourth-order valence-corrected chi connectivity index (χ4v) is 2.88. The van der Waals surface area contributed by atoms with E-state index >= 15 is 0 Å². The molecule has 0 aliphatic heterocycles. The van der Waals surface area contributed by atoms with E-state index in [4.69, 9.17) is 9.84 Å². The van der Waals surface area contributed by atoms with Crippen molar-refractivity contribution in [3.63, 3.8) is 0 Å². The lowest BCUT2D eigenvalue weighted by molar-refractivity contribution is -0.141. The van der Waals surface area contributed by atoms with E-state index in [1.807, 2.05) is 0 Å². The number of hydrogen-bond donors (Lipinski definition) is 1. The Balaban J connectivity index is 2.65. The van der Waals surface area contributed by atoms with Crippen LogP contribution in [0.5, 0.6) is 0 Å². The van der Waals surface area contributed by atoms with E-state index in [1.165, 1.54) is 11.7 Å². The van der Waals surface area contributed by atoms with Gasteiger partial charge in [-0.25, -0.2) is 14.6 Å². The lowest BCUT2D eigenvalue weighted by Gasteiger charge is -2.12. The molecule has 0 spiro atoms. The van der Waals surface area contributed by atoms with Crippen molar-refractivity contribution in [3.05, 3.63) is 27.6 Å². The van der Waals surface area contributed by atoms with E-state index in [0.717, 1.165) is 15.9 Å². The summed E-state index contributed by atoms with van der Waals surface area (Å²) in [5, 5.41) is 10.8. The maximum atomic E-state index is 12.5. The summed E-state index contributed by atoms with van der Waals surface area (Å²) in [6, 6.07) is -1.01. The first-order valence-corrected chi connectivity index (χ1v) is 7.27. The Morgan fingerprint density at radius 2 is 2.19 bits per heavy atom. The molecular formula is C13H14N2O5S. The van der Waals surface area contributed by atoms with E-state index in [0.29, 0.717) is 4.83 Å². The first-order valence-electron chi connectivity index (χ1n) is 6.39. The lowest BCUT2D eigenvalue weighted by Crippen LogP contribution is -2.30. The molecule has 21 heavy (non-hydrogen) atoms. The van der Waals surface area contributed by atoms with Crippen LogP contribution in [-0.4, -0.2) is 33.2 Å². The quantitative estimate of drug-likeness (QED) is 0.843. The van der Waals surface area contributed by atoms with Crippen LogP contribution in [-0.2, 0) is 9.53 Å². The Hall–Kier alpha value is -2.22. The predicted molar refractivity (Wildman–Crippen MR) is 76.8 cm³/mol. The van der Waals surface area contributed by atoms with Crippen LogP contribution >= 0.6 is 11.3 Å². The summed E-state index contributed by atoms with van der Waals surface area (Å²) >= 11 is 1.15. The van der Waals surface area contributed by atoms with Gasteiger partial charge in [-0.05, 0) is 13.3 Å². The number of ether oxygens (including phenoxy) is 1. The molecule has 0 bridgehead atoms. The summed E-state index contributed by atoms with van der Waals surface area (Å²) in [5.41, 5.74) is -0.414. The number of carbonyl (C=O) groups is 2. The lowest BCUT2D eigenvalue weighted by atomic mass is 10.2. The zero-order chi connectivity index (χ0) is 15.6. The molecule has 112 valence electrons. The van der Waals surface area contributed by atoms with E-state index in [9.17, 15) is 14.4 Å². The topological polar surface area (TPSA) is 98.5 Å². The minimum Gasteiger partial charge on any atom is -0.480 e. The summed E-state index contributed by atoms with van der Waals surface area (Å²) < 4.78 is 5.94. The second kappa shape index (κ2) is 6.04. The third-order valence-corrected chi connectivity index (χ3v) is 3.91. The molecular weight excluding hydrogens is 296 g/mol. The predicted octanol–water partition coefficient (Wildman–Crippen LogP) is 1.67. The number of nitrogens with zero attached hydrogens (tertiary/aromatic N) is 2. The number of carboxylic acid groups (broad SMARTS) is 1. The highest BCUT2D eigenvalue weighted by Crippen LogP contribution is 2.22. The molecule has 0 fully saturated rings. The van der Waals surface area contributed by atoms with Gasteiger partial charge in [-0.1, -0.05) is 6.92 Å². The molecule has 0 aliphatic carbocycles. The largest absolute Gasteiger partial charge is 0.480 e. The van der Waals surface area contributed by atoms with Gasteiger partial charge in [0.1, 0.15) is 10.9 Å². The van der Waals surface area contributed by atoms with Crippen molar-refractivity contribution in [1.82, 2.24) is 9.55 Å². The third kappa shape index (κ3) is 2.66. The maximum Gasteiger partial charge on any atom is 0.339 e. The molecule has 0 radical (unpaired) electrons. The van der Waals surface area contributed by atoms with Gasteiger partial charge < -0.3 is 9.84 Å². The van der Waals surface area contributed by atoms with Crippen LogP contribution in [0.1, 0.15) is 36.7 Å². The molecule has 0 saturated carbocycles. The van der Waals surface area contributed by atoms with Crippen molar-refractivity contribution in [2.75, 3.05) is 6.61 Å². The van der Waals surface area contributed by atoms with Crippen molar-refractivity contribution < 1.29 is 19.4 Å². The Morgan fingerprint density at radius 3 is 2.76 bits per heavy atom. The number of esters is 1. The second-order valence-electron chi connectivity index (χ2n) is 4.27. The molecule has 2 heterocycles. The zero-order valence-electron chi connectivity index (χ0n) is 11.5. The van der Waals surface area contributed by atoms with Crippen molar-refractivity contribution >= 4 is 33.5 Å². The van der Waals surface area contributed by atoms with Gasteiger partial charge in [-0.15, -0.1) is 11.3 Å². The molecule has 2 aromatic heterocycles. The SMILES string of the molecule is CCOC(=O)c1csc2ncn(C(CC)C(=O)O)c(=O)c12. The fraction of sp³-hybridized carbons (Fsp3) is 0.385. The number of carbonyl (C=O) groups excluding carboxylic acids is 1. The van der Waals surface area contributed by atoms with Crippen LogP contribution in [0.4, 0.5) is 0 Å². The van der Waals surface area contributed by atoms with Gasteiger partial charge in [0.15, 0.2) is 0 Å². The molecule has 8 heteroatoms. The highest BCUT2D eigenvalue weighted by Gasteiger charge is 2.23. The van der Waals surface area contributed by atoms with Gasteiger partial charge in [0.25, 0.3) is 5.56 Å². The Labute approximate surface area is 123 Å². The van der Waals surface area contributed by atoms with Gasteiger partial charge in [0, 0.05) is 5.38 Å². The number of fused-ring (bicyclic) bond motifs is 1. The van der Waals surface area contributed by atoms with Crippen molar-refractivity contribution in [3.8, 4) is 0 Å². The Bertz CT molecular complexity index is 749. The molecule has 1 atom stereocenters. The molecule has 7 nitrogen and oxygen atoms in total. The zero-order valence-corrected chi connectivity index (χ0v) is 12.3. The molecule has 0 amide bonds. The van der Waals surface area contributed by atoms with Crippen LogP contribution in [0.25, 0.3) is 10.2 Å². The van der Waals surface area contributed by atoms with E-state index in [2.05, 4.69) is 4.98 Å². The fourth-order valence-electron chi connectivity index (χ4n) is 2.02. The minimum absolute atomic E-state index is 0.112. The molecule has 2 aromatic rings. The summed E-state index contributed by atoms with van der Waals surface area (Å²) in [4.78, 5) is 40.0. The smallest absolute Gasteiger partial charge is 0.339 e. The number of aromatic nitrogens is 2. The van der Waals surface area contributed by atoms with Gasteiger partial charge in [-0.3, -0.25) is 9.36 Å². The van der Waals surface area contributed by atoms with Crippen LogP contribution in [0, 0.1) is 0 Å². The first kappa shape index (κ1) is 15.2. The molecule has 0 aromatic carbocycles. The van der Waals surface area contributed by atoms with E-state index < -0.39 is 23.5 Å². The molecule has 1 N–H and O–H groups in total. The Kier molecular flexibility index (Phi) is 4.37. The number of thiophene rings is 1. The van der Waals surface area contributed by atoms with E-state index in [1.54, 1.807) is 13.8 Å². The van der Waals surface area contributed by atoms with E-state index in [-0.39, 0.29) is 24.0 Å². The second-order valence-corrected chi connectivity index (χ2v) is 5.13. The van der Waals surface area contributed by atoms with Crippen molar-refractivity contribution in [1.29, 1.82) is 0 Å². The summed E-state index contributed by atoms with van der Waals surface area (Å²) in [5.74, 6) is -1.72. The molecule has 2 rings (SSSR count). The highest BCUT2D eigenvalue weighted by molar-refractivity contribution is 7.17. The van der Waals surface area contributed by atoms with Gasteiger partial charge in [0.05, 0.1) is 23.9 Å². The maximum absolute atomic E-state index is 12.5. The van der Waals surface area contributed by atoms with Crippen molar-refractivity contribution in [2.24, 2.45) is 0 Å². The van der Waals surface area contributed by atoms with Crippen LogP contribution in [0.2, 0.25) is 0 Å². The number of rotatable bonds is 5. The summed E-state index contributed by atoms with van der Waals surface area (Å²) in [6.07, 6.45) is 1.44.